The Morgan fingerprint density at radius 1 is 0.970 bits per heavy atom. The third kappa shape index (κ3) is 3.52. The second kappa shape index (κ2) is 8.29. The molecule has 0 bridgehead atoms. The number of allylic oxidation sites excluding steroid dienone is 1. The van der Waals surface area contributed by atoms with Gasteiger partial charge in [-0.25, -0.2) is 0 Å². The number of hydrogen-bond acceptors (Lipinski definition) is 8. The molecule has 7 nitrogen and oxygen atoms in total. The van der Waals surface area contributed by atoms with Crippen molar-refractivity contribution in [2.45, 2.75) is 12.3 Å². The fraction of sp³-hybridized carbons (Fsp3) is 0.200. The Kier molecular flexibility index (Phi) is 5.30. The van der Waals surface area contributed by atoms with E-state index in [0.29, 0.717) is 45.4 Å². The topological polar surface area (TPSA) is 80.3 Å². The molecule has 0 saturated heterocycles. The van der Waals surface area contributed by atoms with Crippen molar-refractivity contribution in [2.75, 3.05) is 21.3 Å². The lowest BCUT2D eigenvalue weighted by atomic mass is 9.86. The molecule has 3 aromatic rings. The maximum absolute atomic E-state index is 13.2. The molecule has 0 radical (unpaired) electrons. The van der Waals surface area contributed by atoms with E-state index in [-0.39, 0.29) is 29.9 Å². The van der Waals surface area contributed by atoms with Crippen LogP contribution in [0.3, 0.4) is 0 Å². The van der Waals surface area contributed by atoms with Crippen LogP contribution in [0.25, 0.3) is 6.08 Å². The van der Waals surface area contributed by atoms with E-state index in [4.69, 9.17) is 23.7 Å². The second-order valence-electron chi connectivity index (χ2n) is 7.53. The molecule has 3 heterocycles. The van der Waals surface area contributed by atoms with Crippen LogP contribution in [0.15, 0.2) is 46.9 Å². The molecule has 0 aliphatic carbocycles. The van der Waals surface area contributed by atoms with Crippen LogP contribution in [0.1, 0.15) is 39.4 Å². The predicted octanol–water partition coefficient (Wildman–Crippen LogP) is 4.83. The second-order valence-corrected chi connectivity index (χ2v) is 8.31. The Morgan fingerprint density at radius 2 is 1.73 bits per heavy atom. The third-order valence-corrected chi connectivity index (χ3v) is 6.45. The highest BCUT2D eigenvalue weighted by atomic mass is 32.1. The van der Waals surface area contributed by atoms with E-state index >= 15 is 0 Å². The summed E-state index contributed by atoms with van der Waals surface area (Å²) in [5.74, 6) is 1.67. The molecule has 1 unspecified atom stereocenters. The average molecular weight is 464 g/mol. The van der Waals surface area contributed by atoms with Gasteiger partial charge in [0.2, 0.25) is 5.78 Å². The molecule has 1 aromatic heterocycles. The molecule has 0 spiro atoms. The van der Waals surface area contributed by atoms with Gasteiger partial charge in [-0.1, -0.05) is 0 Å². The first-order valence-corrected chi connectivity index (χ1v) is 11.1. The zero-order valence-corrected chi connectivity index (χ0v) is 19.0. The molecule has 33 heavy (non-hydrogen) atoms. The van der Waals surface area contributed by atoms with Crippen molar-refractivity contribution in [3.05, 3.63) is 69.1 Å². The van der Waals surface area contributed by atoms with Crippen LogP contribution in [0.2, 0.25) is 0 Å². The van der Waals surface area contributed by atoms with E-state index in [2.05, 4.69) is 0 Å². The van der Waals surface area contributed by atoms with Gasteiger partial charge in [0.15, 0.2) is 17.3 Å². The van der Waals surface area contributed by atoms with Crippen molar-refractivity contribution >= 4 is 29.2 Å². The Bertz CT molecular complexity index is 1290. The van der Waals surface area contributed by atoms with Crippen LogP contribution in [0.5, 0.6) is 28.7 Å². The van der Waals surface area contributed by atoms with E-state index in [0.717, 1.165) is 5.56 Å². The van der Waals surface area contributed by atoms with Crippen LogP contribution in [0, 0.1) is 0 Å². The Balaban J connectivity index is 1.60. The zero-order valence-electron chi connectivity index (χ0n) is 18.2. The third-order valence-electron chi connectivity index (χ3n) is 5.75. The molecular formula is C25H20O7S. The maximum atomic E-state index is 13.2. The number of hydrogen-bond donors (Lipinski definition) is 0. The van der Waals surface area contributed by atoms with Crippen molar-refractivity contribution in [1.29, 1.82) is 0 Å². The number of rotatable bonds is 5. The van der Waals surface area contributed by atoms with E-state index in [9.17, 15) is 9.59 Å². The number of thiophene rings is 1. The van der Waals surface area contributed by atoms with Gasteiger partial charge in [0.1, 0.15) is 17.2 Å². The molecule has 1 atom stereocenters. The Morgan fingerprint density at radius 3 is 2.42 bits per heavy atom. The summed E-state index contributed by atoms with van der Waals surface area (Å²) in [6.45, 7) is 0. The molecule has 2 aromatic carbocycles. The number of ketones is 1. The number of Topliss-reactive ketones (excluding diaryl/α,β-unsaturated/α-hetero) is 1. The van der Waals surface area contributed by atoms with E-state index in [1.54, 1.807) is 41.7 Å². The lowest BCUT2D eigenvalue weighted by Gasteiger charge is -2.25. The lowest BCUT2D eigenvalue weighted by molar-refractivity contribution is -0.135. The van der Waals surface area contributed by atoms with Gasteiger partial charge in [0.25, 0.3) is 0 Å². The molecule has 0 amide bonds. The van der Waals surface area contributed by atoms with Gasteiger partial charge in [-0.2, -0.15) is 11.3 Å². The van der Waals surface area contributed by atoms with Crippen molar-refractivity contribution in [1.82, 2.24) is 0 Å². The molecule has 0 saturated carbocycles. The minimum Gasteiger partial charge on any atom is -0.496 e. The first kappa shape index (κ1) is 21.1. The van der Waals surface area contributed by atoms with Crippen LogP contribution in [0.4, 0.5) is 0 Å². The number of carbonyl (C=O) groups is 2. The highest BCUT2D eigenvalue weighted by Crippen LogP contribution is 2.49. The summed E-state index contributed by atoms with van der Waals surface area (Å²) in [6, 6.07) is 8.67. The monoisotopic (exact) mass is 464 g/mol. The van der Waals surface area contributed by atoms with Crippen LogP contribution in [-0.4, -0.2) is 33.1 Å². The SMILES string of the molecule is COc1cc(OC)c(OC)cc1C=C1Oc2c(ccc3c2C(c2ccsc2)CC(=O)O3)C1=O. The summed E-state index contributed by atoms with van der Waals surface area (Å²) in [4.78, 5) is 25.4. The fourth-order valence-electron chi connectivity index (χ4n) is 4.17. The molecule has 168 valence electrons. The summed E-state index contributed by atoms with van der Waals surface area (Å²) >= 11 is 1.55. The molecule has 2 aliphatic rings. The zero-order chi connectivity index (χ0) is 23.1. The Labute approximate surface area is 194 Å². The average Bonchev–Trinajstić information content (AvgIpc) is 3.47. The number of carbonyl (C=O) groups excluding carboxylic acids is 2. The van der Waals surface area contributed by atoms with Crippen molar-refractivity contribution in [3.63, 3.8) is 0 Å². The van der Waals surface area contributed by atoms with E-state index < -0.39 is 0 Å². The van der Waals surface area contributed by atoms with Crippen LogP contribution < -0.4 is 23.7 Å². The standard InChI is InChI=1S/C25H20O7S/c1-28-18-11-20(30-3)19(29-2)8-14(18)9-21-24(27)15-4-5-17-23(25(15)32-21)16(10-22(26)31-17)13-6-7-33-12-13/h4-9,11-12,16H,10H2,1-3H3. The normalized spacial score (nSPS) is 17.8. The molecule has 2 aliphatic heterocycles. The van der Waals surface area contributed by atoms with Gasteiger partial charge in [0.05, 0.1) is 33.3 Å². The van der Waals surface area contributed by atoms with Crippen LogP contribution in [-0.2, 0) is 4.79 Å². The fourth-order valence-corrected chi connectivity index (χ4v) is 4.89. The van der Waals surface area contributed by atoms with Crippen molar-refractivity contribution in [2.24, 2.45) is 0 Å². The summed E-state index contributed by atoms with van der Waals surface area (Å²) in [5, 5.41) is 3.95. The quantitative estimate of drug-likeness (QED) is 0.304. The number of esters is 1. The summed E-state index contributed by atoms with van der Waals surface area (Å²) < 4.78 is 27.8. The maximum Gasteiger partial charge on any atom is 0.312 e. The molecule has 5 rings (SSSR count). The number of methoxy groups -OCH3 is 3. The van der Waals surface area contributed by atoms with Gasteiger partial charge >= 0.3 is 5.97 Å². The van der Waals surface area contributed by atoms with Crippen LogP contribution >= 0.6 is 11.3 Å². The highest BCUT2D eigenvalue weighted by Gasteiger charge is 2.38. The van der Waals surface area contributed by atoms with Gasteiger partial charge in [-0.05, 0) is 46.7 Å². The van der Waals surface area contributed by atoms with Gasteiger partial charge in [0, 0.05) is 23.1 Å². The minimum atomic E-state index is -0.311. The number of fused-ring (bicyclic) bond motifs is 3. The largest absolute Gasteiger partial charge is 0.496 e. The summed E-state index contributed by atoms with van der Waals surface area (Å²) in [7, 11) is 4.60. The highest BCUT2D eigenvalue weighted by molar-refractivity contribution is 7.08. The van der Waals surface area contributed by atoms with Crippen molar-refractivity contribution in [3.8, 4) is 28.7 Å². The molecular weight excluding hydrogens is 444 g/mol. The van der Waals surface area contributed by atoms with Gasteiger partial charge in [-0.15, -0.1) is 0 Å². The van der Waals surface area contributed by atoms with Gasteiger partial charge < -0.3 is 23.7 Å². The summed E-state index contributed by atoms with van der Waals surface area (Å²) in [6.07, 6.45) is 1.80. The Hall–Kier alpha value is -3.78. The first-order chi connectivity index (χ1) is 16.0. The number of benzene rings is 2. The summed E-state index contributed by atoms with van der Waals surface area (Å²) in [5.41, 5.74) is 2.72. The molecule has 0 N–H and O–H groups in total. The predicted molar refractivity (Wildman–Crippen MR) is 122 cm³/mol. The van der Waals surface area contributed by atoms with E-state index in [1.807, 2.05) is 16.8 Å². The first-order valence-electron chi connectivity index (χ1n) is 10.2. The number of ether oxygens (including phenoxy) is 5. The molecule has 8 heteroatoms. The van der Waals surface area contributed by atoms with Gasteiger partial charge in [-0.3, -0.25) is 9.59 Å². The lowest BCUT2D eigenvalue weighted by Crippen LogP contribution is -2.21. The minimum absolute atomic E-state index is 0.143. The van der Waals surface area contributed by atoms with E-state index in [1.165, 1.54) is 21.3 Å². The smallest absolute Gasteiger partial charge is 0.312 e. The molecule has 0 fully saturated rings. The van der Waals surface area contributed by atoms with Crippen molar-refractivity contribution < 1.29 is 33.3 Å².